The second-order valence-corrected chi connectivity index (χ2v) is 4.29. The van der Waals surface area contributed by atoms with Crippen molar-refractivity contribution in [2.45, 2.75) is 31.8 Å². The molecule has 0 atom stereocenters. The molecule has 3 nitrogen and oxygen atoms in total. The second-order valence-electron chi connectivity index (χ2n) is 4.29. The molecule has 1 aliphatic carbocycles. The van der Waals surface area contributed by atoms with E-state index < -0.39 is 0 Å². The van der Waals surface area contributed by atoms with E-state index in [4.69, 9.17) is 0 Å². The average Bonchev–Trinajstić information content (AvgIpc) is 2.26. The van der Waals surface area contributed by atoms with Gasteiger partial charge in [0.05, 0.1) is 0 Å². The maximum absolute atomic E-state index is 11.4. The van der Waals surface area contributed by atoms with Crippen molar-refractivity contribution in [3.05, 3.63) is 35.4 Å². The normalized spacial score (nSPS) is 15.6. The van der Waals surface area contributed by atoms with Crippen LogP contribution in [0.25, 0.3) is 0 Å². The van der Waals surface area contributed by atoms with Crippen molar-refractivity contribution >= 4 is 5.91 Å². The van der Waals surface area contributed by atoms with Crippen LogP contribution in [-0.2, 0) is 6.54 Å². The highest BCUT2D eigenvalue weighted by Gasteiger charge is 2.16. The summed E-state index contributed by atoms with van der Waals surface area (Å²) in [5.74, 6) is -0.0227. The van der Waals surface area contributed by atoms with E-state index in [0.717, 1.165) is 12.1 Å². The fourth-order valence-corrected chi connectivity index (χ4v) is 1.84. The van der Waals surface area contributed by atoms with Crippen LogP contribution in [-0.4, -0.2) is 19.0 Å². The van der Waals surface area contributed by atoms with Gasteiger partial charge < -0.3 is 10.6 Å². The van der Waals surface area contributed by atoms with Gasteiger partial charge in [-0.1, -0.05) is 18.6 Å². The molecule has 1 saturated carbocycles. The molecule has 1 aliphatic rings. The number of nitrogens with one attached hydrogen (secondary N) is 2. The lowest BCUT2D eigenvalue weighted by molar-refractivity contribution is 0.0963. The standard InChI is InChI=1S/C13H18N2O/c1-14-13(16)11-5-2-4-10(8-11)9-15-12-6-3-7-12/h2,4-5,8,12,15H,3,6-7,9H2,1H3,(H,14,16). The van der Waals surface area contributed by atoms with Crippen LogP contribution in [0.5, 0.6) is 0 Å². The number of carbonyl (C=O) groups is 1. The lowest BCUT2D eigenvalue weighted by atomic mass is 9.93. The van der Waals surface area contributed by atoms with Crippen molar-refractivity contribution in [1.29, 1.82) is 0 Å². The van der Waals surface area contributed by atoms with E-state index in [9.17, 15) is 4.79 Å². The minimum absolute atomic E-state index is 0.0227. The van der Waals surface area contributed by atoms with Gasteiger partial charge in [-0.15, -0.1) is 0 Å². The molecule has 86 valence electrons. The molecule has 1 amide bonds. The third kappa shape index (κ3) is 2.61. The smallest absolute Gasteiger partial charge is 0.251 e. The largest absolute Gasteiger partial charge is 0.355 e. The average molecular weight is 218 g/mol. The quantitative estimate of drug-likeness (QED) is 0.807. The summed E-state index contributed by atoms with van der Waals surface area (Å²) < 4.78 is 0. The Hall–Kier alpha value is -1.35. The number of carbonyl (C=O) groups excluding carboxylic acids is 1. The van der Waals surface area contributed by atoms with Gasteiger partial charge in [0.2, 0.25) is 0 Å². The van der Waals surface area contributed by atoms with Crippen molar-refractivity contribution in [2.24, 2.45) is 0 Å². The van der Waals surface area contributed by atoms with Crippen molar-refractivity contribution in [3.63, 3.8) is 0 Å². The zero-order valence-corrected chi connectivity index (χ0v) is 9.62. The maximum atomic E-state index is 11.4. The van der Waals surface area contributed by atoms with Crippen LogP contribution in [0.15, 0.2) is 24.3 Å². The van der Waals surface area contributed by atoms with Crippen molar-refractivity contribution in [1.82, 2.24) is 10.6 Å². The monoisotopic (exact) mass is 218 g/mol. The fourth-order valence-electron chi connectivity index (χ4n) is 1.84. The van der Waals surface area contributed by atoms with E-state index in [1.165, 1.54) is 24.8 Å². The molecule has 0 spiro atoms. The molecule has 0 unspecified atom stereocenters. The zero-order chi connectivity index (χ0) is 11.4. The van der Waals surface area contributed by atoms with E-state index in [-0.39, 0.29) is 5.91 Å². The molecule has 0 bridgehead atoms. The number of rotatable bonds is 4. The Kier molecular flexibility index (Phi) is 3.57. The van der Waals surface area contributed by atoms with Crippen molar-refractivity contribution in [2.75, 3.05) is 7.05 Å². The Labute approximate surface area is 96.2 Å². The van der Waals surface area contributed by atoms with Crippen molar-refractivity contribution < 1.29 is 4.79 Å². The van der Waals surface area contributed by atoms with Gasteiger partial charge in [0.1, 0.15) is 0 Å². The van der Waals surface area contributed by atoms with Gasteiger partial charge in [0.25, 0.3) is 5.91 Å². The minimum atomic E-state index is -0.0227. The number of amides is 1. The summed E-state index contributed by atoms with van der Waals surface area (Å²) >= 11 is 0. The molecule has 0 radical (unpaired) electrons. The Balaban J connectivity index is 1.95. The molecular weight excluding hydrogens is 200 g/mol. The number of benzene rings is 1. The predicted molar refractivity (Wildman–Crippen MR) is 64.3 cm³/mol. The van der Waals surface area contributed by atoms with Crippen LogP contribution in [0, 0.1) is 0 Å². The molecule has 0 heterocycles. The third-order valence-corrected chi connectivity index (χ3v) is 3.12. The molecular formula is C13H18N2O. The Morgan fingerprint density at radius 3 is 2.88 bits per heavy atom. The first-order chi connectivity index (χ1) is 7.79. The first-order valence-electron chi connectivity index (χ1n) is 5.84. The Bertz CT molecular complexity index is 372. The molecule has 16 heavy (non-hydrogen) atoms. The highest BCUT2D eigenvalue weighted by atomic mass is 16.1. The topological polar surface area (TPSA) is 41.1 Å². The predicted octanol–water partition coefficient (Wildman–Crippen LogP) is 1.69. The Morgan fingerprint density at radius 2 is 2.25 bits per heavy atom. The summed E-state index contributed by atoms with van der Waals surface area (Å²) in [5, 5.41) is 6.12. The summed E-state index contributed by atoms with van der Waals surface area (Å²) in [6.45, 7) is 0.857. The molecule has 1 aromatic carbocycles. The van der Waals surface area contributed by atoms with Gasteiger partial charge in [-0.25, -0.2) is 0 Å². The molecule has 1 fully saturated rings. The molecule has 1 aromatic rings. The molecule has 0 saturated heterocycles. The highest BCUT2D eigenvalue weighted by molar-refractivity contribution is 5.94. The van der Waals surface area contributed by atoms with Crippen LogP contribution in [0.3, 0.4) is 0 Å². The van der Waals surface area contributed by atoms with Gasteiger partial charge in [0, 0.05) is 25.2 Å². The van der Waals surface area contributed by atoms with Gasteiger partial charge in [-0.05, 0) is 30.5 Å². The summed E-state index contributed by atoms with van der Waals surface area (Å²) in [5.41, 5.74) is 1.91. The van der Waals surface area contributed by atoms with Crippen LogP contribution in [0.4, 0.5) is 0 Å². The lowest BCUT2D eigenvalue weighted by Gasteiger charge is -2.26. The van der Waals surface area contributed by atoms with Gasteiger partial charge in [0.15, 0.2) is 0 Å². The maximum Gasteiger partial charge on any atom is 0.251 e. The number of hydrogen-bond acceptors (Lipinski definition) is 2. The molecule has 0 aromatic heterocycles. The van der Waals surface area contributed by atoms with Crippen LogP contribution < -0.4 is 10.6 Å². The van der Waals surface area contributed by atoms with E-state index in [0.29, 0.717) is 6.04 Å². The van der Waals surface area contributed by atoms with Crippen LogP contribution in [0.1, 0.15) is 35.2 Å². The molecule has 3 heteroatoms. The summed E-state index contributed by atoms with van der Waals surface area (Å²) in [4.78, 5) is 11.4. The first kappa shape index (κ1) is 11.1. The van der Waals surface area contributed by atoms with Gasteiger partial charge in [-0.2, -0.15) is 0 Å². The van der Waals surface area contributed by atoms with Gasteiger partial charge >= 0.3 is 0 Å². The molecule has 0 aliphatic heterocycles. The summed E-state index contributed by atoms with van der Waals surface area (Å²) in [6, 6.07) is 8.46. The van der Waals surface area contributed by atoms with Crippen LogP contribution >= 0.6 is 0 Å². The van der Waals surface area contributed by atoms with E-state index in [2.05, 4.69) is 16.7 Å². The van der Waals surface area contributed by atoms with Crippen molar-refractivity contribution in [3.8, 4) is 0 Å². The summed E-state index contributed by atoms with van der Waals surface area (Å²) in [7, 11) is 1.65. The van der Waals surface area contributed by atoms with Crippen LogP contribution in [0.2, 0.25) is 0 Å². The molecule has 2 rings (SSSR count). The van der Waals surface area contributed by atoms with E-state index in [1.54, 1.807) is 7.05 Å². The second kappa shape index (κ2) is 5.12. The van der Waals surface area contributed by atoms with E-state index in [1.807, 2.05) is 18.2 Å². The van der Waals surface area contributed by atoms with E-state index >= 15 is 0 Å². The lowest BCUT2D eigenvalue weighted by Crippen LogP contribution is -2.34. The molecule has 2 N–H and O–H groups in total. The Morgan fingerprint density at radius 1 is 1.44 bits per heavy atom. The third-order valence-electron chi connectivity index (χ3n) is 3.12. The fraction of sp³-hybridized carbons (Fsp3) is 0.462. The highest BCUT2D eigenvalue weighted by Crippen LogP contribution is 2.18. The first-order valence-corrected chi connectivity index (χ1v) is 5.84. The zero-order valence-electron chi connectivity index (χ0n) is 9.62. The minimum Gasteiger partial charge on any atom is -0.355 e. The number of hydrogen-bond donors (Lipinski definition) is 2. The SMILES string of the molecule is CNC(=O)c1cccc(CNC2CCC2)c1. The van der Waals surface area contributed by atoms with Gasteiger partial charge in [-0.3, -0.25) is 4.79 Å². The summed E-state index contributed by atoms with van der Waals surface area (Å²) in [6.07, 6.45) is 3.92.